The van der Waals surface area contributed by atoms with Gasteiger partial charge in [-0.2, -0.15) is 0 Å². The van der Waals surface area contributed by atoms with E-state index >= 15 is 0 Å². The van der Waals surface area contributed by atoms with Crippen LogP contribution in [0.1, 0.15) is 32.3 Å². The molecule has 1 unspecified atom stereocenters. The van der Waals surface area contributed by atoms with Gasteiger partial charge >= 0.3 is 0 Å². The highest BCUT2D eigenvalue weighted by Crippen LogP contribution is 2.55. The lowest BCUT2D eigenvalue weighted by molar-refractivity contribution is 0.478. The molecule has 29 heavy (non-hydrogen) atoms. The quantitative estimate of drug-likeness (QED) is 0.406. The van der Waals surface area contributed by atoms with Crippen molar-refractivity contribution < 1.29 is 14.2 Å². The van der Waals surface area contributed by atoms with Crippen LogP contribution in [0.2, 0.25) is 0 Å². The van der Waals surface area contributed by atoms with E-state index in [2.05, 4.69) is 22.1 Å². The zero-order valence-corrected chi connectivity index (χ0v) is 17.5. The number of anilines is 1. The molecule has 154 valence electrons. The molecule has 10 heteroatoms. The van der Waals surface area contributed by atoms with Gasteiger partial charge in [-0.1, -0.05) is 36.3 Å². The normalized spacial score (nSPS) is 17.2. The Morgan fingerprint density at radius 3 is 2.83 bits per heavy atom. The van der Waals surface area contributed by atoms with E-state index in [0.717, 1.165) is 12.8 Å². The van der Waals surface area contributed by atoms with Gasteiger partial charge in [-0.25, -0.2) is 4.68 Å². The van der Waals surface area contributed by atoms with E-state index in [-0.39, 0.29) is 28.1 Å². The number of thiophene rings is 1. The molecule has 2 aromatic heterocycles. The summed E-state index contributed by atoms with van der Waals surface area (Å²) < 4.78 is 26.9. The second kappa shape index (κ2) is 7.38. The Hall–Kier alpha value is -2.53. The minimum absolute atomic E-state index is 0.0283. The van der Waals surface area contributed by atoms with Crippen LogP contribution in [0.3, 0.4) is 0 Å². The zero-order chi connectivity index (χ0) is 20.8. The summed E-state index contributed by atoms with van der Waals surface area (Å²) in [5, 5.41) is 15.6. The van der Waals surface area contributed by atoms with Crippen molar-refractivity contribution in [1.82, 2.24) is 4.68 Å². The van der Waals surface area contributed by atoms with Gasteiger partial charge < -0.3 is 15.8 Å². The minimum Gasteiger partial charge on any atom is -0.505 e. The van der Waals surface area contributed by atoms with E-state index in [9.17, 15) is 19.0 Å². The molecule has 0 fully saturated rings. The first-order valence-corrected chi connectivity index (χ1v) is 11.6. The van der Waals surface area contributed by atoms with E-state index in [4.69, 9.17) is 0 Å². The number of aromatic hydroxyl groups is 1. The average Bonchev–Trinajstić information content (AvgIpc) is 3.15. The fraction of sp³-hybridized carbons (Fsp3) is 0.263. The average molecular weight is 435 g/mol. The summed E-state index contributed by atoms with van der Waals surface area (Å²) in [5.41, 5.74) is 3.56. The van der Waals surface area contributed by atoms with Gasteiger partial charge in [-0.05, 0) is 36.9 Å². The highest BCUT2D eigenvalue weighted by Gasteiger charge is 2.30. The van der Waals surface area contributed by atoms with Gasteiger partial charge in [0.05, 0.1) is 15.9 Å². The molecule has 0 radical (unpaired) electrons. The topological polar surface area (TPSA) is 119 Å². The number of nitrogens with one attached hydrogen (secondary N) is 2. The van der Waals surface area contributed by atoms with E-state index in [0.29, 0.717) is 15.9 Å². The second-order valence-corrected chi connectivity index (χ2v) is 9.47. The van der Waals surface area contributed by atoms with Crippen molar-refractivity contribution in [2.45, 2.75) is 37.6 Å². The maximum Gasteiger partial charge on any atom is 0.284 e. The molecule has 1 aromatic carbocycles. The Morgan fingerprint density at radius 1 is 1.31 bits per heavy atom. The van der Waals surface area contributed by atoms with Crippen molar-refractivity contribution in [3.8, 4) is 5.75 Å². The van der Waals surface area contributed by atoms with Crippen LogP contribution in [-0.2, 0) is 0 Å². The maximum atomic E-state index is 13.3. The third-order valence-electron chi connectivity index (χ3n) is 4.72. The van der Waals surface area contributed by atoms with Crippen LogP contribution in [0, 0.1) is 0 Å². The number of fused-ring (bicyclic) bond motifs is 2. The fourth-order valence-corrected chi connectivity index (χ4v) is 5.39. The highest BCUT2D eigenvalue weighted by molar-refractivity contribution is 8.23. The molecular formula is C19H22N4O4S2. The molecule has 0 aliphatic carbocycles. The summed E-state index contributed by atoms with van der Waals surface area (Å²) in [6.07, 6.45) is 1.81. The molecule has 0 bridgehead atoms. The van der Waals surface area contributed by atoms with Crippen LogP contribution < -0.4 is 16.3 Å². The van der Waals surface area contributed by atoms with Gasteiger partial charge in [0.2, 0.25) is 0 Å². The van der Waals surface area contributed by atoms with Crippen molar-refractivity contribution in [3.63, 3.8) is 0 Å². The Kier molecular flexibility index (Phi) is 5.03. The van der Waals surface area contributed by atoms with Crippen LogP contribution in [-0.4, -0.2) is 30.8 Å². The molecule has 0 saturated heterocycles. The fourth-order valence-electron chi connectivity index (χ4n) is 3.40. The standard InChI is InChI=1S/C19H22N4O4S2/c1-3-6-11(2)21-23-13-9-10-28-17(13)16(24)15(19(23)25)18-20-12-7-4-5-8-14(12)29(26,27)22-18/h4-5,7-11,21,24,26-27H,3,6H2,1-2H3,(H,20,22). The van der Waals surface area contributed by atoms with E-state index < -0.39 is 16.3 Å². The number of hydrogen-bond acceptors (Lipinski definition) is 8. The van der Waals surface area contributed by atoms with Crippen LogP contribution in [0.15, 0.2) is 49.8 Å². The molecule has 4 rings (SSSR count). The van der Waals surface area contributed by atoms with Gasteiger partial charge in [-0.15, -0.1) is 15.7 Å². The molecule has 0 amide bonds. The predicted molar refractivity (Wildman–Crippen MR) is 119 cm³/mol. The molecular weight excluding hydrogens is 412 g/mol. The first-order valence-electron chi connectivity index (χ1n) is 9.19. The van der Waals surface area contributed by atoms with Crippen molar-refractivity contribution in [2.75, 3.05) is 10.7 Å². The van der Waals surface area contributed by atoms with Crippen LogP contribution in [0.25, 0.3) is 10.2 Å². The van der Waals surface area contributed by atoms with E-state index in [1.54, 1.807) is 35.7 Å². The lowest BCUT2D eigenvalue weighted by Gasteiger charge is -2.34. The van der Waals surface area contributed by atoms with Crippen molar-refractivity contribution in [1.29, 1.82) is 0 Å². The zero-order valence-electron chi connectivity index (χ0n) is 15.9. The van der Waals surface area contributed by atoms with Gasteiger partial charge in [0, 0.05) is 6.04 Å². The molecule has 8 nitrogen and oxygen atoms in total. The smallest absolute Gasteiger partial charge is 0.284 e. The summed E-state index contributed by atoms with van der Waals surface area (Å²) in [5.74, 6) is -0.303. The van der Waals surface area contributed by atoms with Crippen LogP contribution in [0.5, 0.6) is 5.75 Å². The summed E-state index contributed by atoms with van der Waals surface area (Å²) >= 11 is 1.29. The van der Waals surface area contributed by atoms with Crippen LogP contribution >= 0.6 is 22.1 Å². The summed E-state index contributed by atoms with van der Waals surface area (Å²) in [6.45, 7) is 4.04. The second-order valence-electron chi connectivity index (χ2n) is 6.90. The Bertz CT molecular complexity index is 1170. The minimum atomic E-state index is -3.51. The Morgan fingerprint density at radius 2 is 2.07 bits per heavy atom. The Labute approximate surface area is 173 Å². The highest BCUT2D eigenvalue weighted by atomic mass is 32.3. The van der Waals surface area contributed by atoms with Gasteiger partial charge in [0.25, 0.3) is 5.56 Å². The Balaban J connectivity index is 1.91. The van der Waals surface area contributed by atoms with Crippen molar-refractivity contribution in [3.05, 3.63) is 51.6 Å². The lowest BCUT2D eigenvalue weighted by Crippen LogP contribution is -2.38. The van der Waals surface area contributed by atoms with E-state index in [1.807, 2.05) is 6.92 Å². The number of hydrogen-bond donors (Lipinski definition) is 5. The molecule has 5 N–H and O–H groups in total. The number of amidine groups is 1. The molecule has 1 atom stereocenters. The SMILES string of the molecule is CCCC(C)Nn1c(=O)c(C2=NS(O)(O)c3ccccc3N2)c(O)c2sccc21. The molecule has 3 aromatic rings. The number of para-hydroxylation sites is 1. The summed E-state index contributed by atoms with van der Waals surface area (Å²) in [4.78, 5) is 13.6. The molecule has 1 aliphatic heterocycles. The van der Waals surface area contributed by atoms with Crippen LogP contribution in [0.4, 0.5) is 5.69 Å². The summed E-state index contributed by atoms with van der Waals surface area (Å²) in [7, 11) is -3.51. The number of aromatic nitrogens is 1. The number of rotatable bonds is 5. The third-order valence-corrected chi connectivity index (χ3v) is 7.01. The lowest BCUT2D eigenvalue weighted by atomic mass is 10.2. The molecule has 0 saturated carbocycles. The van der Waals surface area contributed by atoms with Gasteiger partial charge in [-0.3, -0.25) is 13.9 Å². The van der Waals surface area contributed by atoms with E-state index in [1.165, 1.54) is 16.0 Å². The monoisotopic (exact) mass is 434 g/mol. The predicted octanol–water partition coefficient (Wildman–Crippen LogP) is 4.40. The number of benzene rings is 1. The molecule has 3 heterocycles. The van der Waals surface area contributed by atoms with Crippen molar-refractivity contribution >= 4 is 43.9 Å². The first-order chi connectivity index (χ1) is 13.8. The maximum absolute atomic E-state index is 13.3. The van der Waals surface area contributed by atoms with Gasteiger partial charge in [0.15, 0.2) is 11.6 Å². The molecule has 0 spiro atoms. The van der Waals surface area contributed by atoms with Gasteiger partial charge in [0.1, 0.15) is 10.5 Å². The summed E-state index contributed by atoms with van der Waals surface area (Å²) in [6, 6.07) is 8.43. The first kappa shape index (κ1) is 19.8. The molecule has 1 aliphatic rings. The number of pyridine rings is 1. The third kappa shape index (κ3) is 3.38. The number of nitrogens with zero attached hydrogens (tertiary/aromatic N) is 2. The largest absolute Gasteiger partial charge is 0.505 e. The van der Waals surface area contributed by atoms with Crippen molar-refractivity contribution in [2.24, 2.45) is 4.40 Å².